The Morgan fingerprint density at radius 2 is 1.92 bits per heavy atom. The molecule has 1 N–H and O–H groups in total. The van der Waals surface area contributed by atoms with Crippen molar-refractivity contribution in [3.63, 3.8) is 0 Å². The quantitative estimate of drug-likeness (QED) is 0.401. The van der Waals surface area contributed by atoms with E-state index in [1.54, 1.807) is 17.3 Å². The van der Waals surface area contributed by atoms with Crippen LogP contribution >= 0.6 is 0 Å². The number of amides is 1. The first kappa shape index (κ1) is 23.3. The van der Waals surface area contributed by atoms with Crippen molar-refractivity contribution in [1.29, 1.82) is 0 Å². The Hall–Kier alpha value is -4.14. The molecular formula is C28H27FN6O2. The van der Waals surface area contributed by atoms with Gasteiger partial charge in [0.1, 0.15) is 11.3 Å². The Labute approximate surface area is 213 Å². The average Bonchev–Trinajstić information content (AvgIpc) is 3.36. The monoisotopic (exact) mass is 498 g/mol. The van der Waals surface area contributed by atoms with E-state index in [2.05, 4.69) is 15.3 Å². The third-order valence-electron chi connectivity index (χ3n) is 7.41. The van der Waals surface area contributed by atoms with E-state index in [9.17, 15) is 14.0 Å². The molecule has 3 aromatic heterocycles. The van der Waals surface area contributed by atoms with Crippen LogP contribution in [0.1, 0.15) is 52.1 Å². The number of carbonyl (C=O) groups excluding carboxylic acids is 2. The van der Waals surface area contributed by atoms with Crippen LogP contribution in [0.3, 0.4) is 0 Å². The molecule has 6 rings (SSSR count). The predicted molar refractivity (Wildman–Crippen MR) is 139 cm³/mol. The Balaban J connectivity index is 1.49. The number of Topliss-reactive ketones (excluding diaryl/α,β-unsaturated/α-hetero) is 1. The van der Waals surface area contributed by atoms with E-state index < -0.39 is 11.2 Å². The molecule has 1 aliphatic carbocycles. The molecule has 0 unspecified atom stereocenters. The van der Waals surface area contributed by atoms with Crippen molar-refractivity contribution in [2.24, 2.45) is 0 Å². The zero-order chi connectivity index (χ0) is 26.1. The third kappa shape index (κ3) is 3.60. The molecule has 0 spiro atoms. The summed E-state index contributed by atoms with van der Waals surface area (Å²) in [5.41, 5.74) is 4.26. The lowest BCUT2D eigenvalue weighted by Gasteiger charge is -2.34. The van der Waals surface area contributed by atoms with Gasteiger partial charge in [-0.15, -0.1) is 0 Å². The summed E-state index contributed by atoms with van der Waals surface area (Å²) >= 11 is 0. The highest BCUT2D eigenvalue weighted by Crippen LogP contribution is 2.46. The highest BCUT2D eigenvalue weighted by atomic mass is 19.1. The lowest BCUT2D eigenvalue weighted by Crippen LogP contribution is -2.49. The maximum atomic E-state index is 14.5. The van der Waals surface area contributed by atoms with Gasteiger partial charge in [0.15, 0.2) is 11.6 Å². The number of nitrogens with one attached hydrogen (secondary N) is 1. The highest BCUT2D eigenvalue weighted by molar-refractivity contribution is 6.10. The zero-order valence-corrected chi connectivity index (χ0v) is 21.1. The van der Waals surface area contributed by atoms with Crippen LogP contribution in [-0.4, -0.2) is 37.3 Å². The number of fused-ring (bicyclic) bond motifs is 2. The van der Waals surface area contributed by atoms with Crippen molar-refractivity contribution in [2.45, 2.75) is 58.0 Å². The van der Waals surface area contributed by atoms with Crippen LogP contribution in [0, 0.1) is 5.82 Å². The Kier molecular flexibility index (Phi) is 5.15. The number of benzene rings is 1. The molecule has 1 amide bonds. The summed E-state index contributed by atoms with van der Waals surface area (Å²) in [6.45, 7) is 7.93. The van der Waals surface area contributed by atoms with Crippen molar-refractivity contribution < 1.29 is 14.0 Å². The molecule has 8 nitrogen and oxygen atoms in total. The van der Waals surface area contributed by atoms with Crippen LogP contribution in [0.4, 0.5) is 21.6 Å². The van der Waals surface area contributed by atoms with Crippen LogP contribution in [0.15, 0.2) is 49.1 Å². The fourth-order valence-corrected chi connectivity index (χ4v) is 5.25. The molecule has 1 aromatic carbocycles. The van der Waals surface area contributed by atoms with E-state index in [0.717, 1.165) is 28.5 Å². The number of halogens is 1. The number of pyridine rings is 2. The van der Waals surface area contributed by atoms with Gasteiger partial charge in [-0.2, -0.15) is 0 Å². The van der Waals surface area contributed by atoms with Crippen molar-refractivity contribution in [3.05, 3.63) is 60.4 Å². The number of imidazole rings is 1. The van der Waals surface area contributed by atoms with Crippen LogP contribution in [-0.2, 0) is 15.0 Å². The van der Waals surface area contributed by atoms with Gasteiger partial charge < -0.3 is 14.8 Å². The predicted octanol–water partition coefficient (Wildman–Crippen LogP) is 5.31. The topological polar surface area (TPSA) is 93.0 Å². The number of nitrogens with zero attached hydrogens (tertiary/aromatic N) is 5. The maximum absolute atomic E-state index is 14.5. The third-order valence-corrected chi connectivity index (χ3v) is 7.41. The standard InChI is InChI=1S/C28H27FN6O2/c1-15(2)34-14-31-23-12-22(33-26(25(23)34)32-21-7-8-30-13-20(21)29)16-5-6-19-24(9-16)35(17-10-18(36)11-17)27(37)28(19,3)4/h5-9,12-15,17H,10-11H2,1-4H3,(H,30,32,33). The molecule has 0 atom stereocenters. The Morgan fingerprint density at radius 1 is 1.14 bits per heavy atom. The molecule has 4 heterocycles. The van der Waals surface area contributed by atoms with Crippen LogP contribution < -0.4 is 10.2 Å². The maximum Gasteiger partial charge on any atom is 0.237 e. The molecule has 37 heavy (non-hydrogen) atoms. The van der Waals surface area contributed by atoms with Crippen molar-refractivity contribution in [3.8, 4) is 11.3 Å². The van der Waals surface area contributed by atoms with Crippen molar-refractivity contribution >= 4 is 39.9 Å². The summed E-state index contributed by atoms with van der Waals surface area (Å²) in [7, 11) is 0. The van der Waals surface area contributed by atoms with Crippen molar-refractivity contribution in [1.82, 2.24) is 19.5 Å². The largest absolute Gasteiger partial charge is 0.336 e. The first-order valence-electron chi connectivity index (χ1n) is 12.4. The van der Waals surface area contributed by atoms with E-state index in [-0.39, 0.29) is 29.5 Å². The summed E-state index contributed by atoms with van der Waals surface area (Å²) < 4.78 is 16.5. The highest BCUT2D eigenvalue weighted by Gasteiger charge is 2.49. The van der Waals surface area contributed by atoms with Gasteiger partial charge in [0, 0.05) is 36.3 Å². The fraction of sp³-hybridized carbons (Fsp3) is 0.321. The fourth-order valence-electron chi connectivity index (χ4n) is 5.25. The molecule has 188 valence electrons. The number of aromatic nitrogens is 4. The second-order valence-electron chi connectivity index (χ2n) is 10.6. The van der Waals surface area contributed by atoms with E-state index in [1.807, 2.05) is 56.5 Å². The number of ketones is 1. The smallest absolute Gasteiger partial charge is 0.237 e. The number of hydrogen-bond donors (Lipinski definition) is 1. The molecule has 0 bridgehead atoms. The van der Waals surface area contributed by atoms with E-state index in [0.29, 0.717) is 29.9 Å². The summed E-state index contributed by atoms with van der Waals surface area (Å²) in [5.74, 6) is 0.170. The number of carbonyl (C=O) groups is 2. The average molecular weight is 499 g/mol. The van der Waals surface area contributed by atoms with Crippen LogP contribution in [0.25, 0.3) is 22.3 Å². The SMILES string of the molecule is CC(C)n1cnc2cc(-c3ccc4c(c3)N(C3CC(=O)C3)C(=O)C4(C)C)nc(Nc3ccncc3F)c21. The summed E-state index contributed by atoms with van der Waals surface area (Å²) in [5, 5.41) is 3.14. The van der Waals surface area contributed by atoms with Gasteiger partial charge in [-0.05, 0) is 51.5 Å². The molecule has 2 aliphatic rings. The van der Waals surface area contributed by atoms with Crippen LogP contribution in [0.2, 0.25) is 0 Å². The normalized spacial score (nSPS) is 17.0. The molecule has 0 radical (unpaired) electrons. The molecular weight excluding hydrogens is 471 g/mol. The van der Waals surface area contributed by atoms with Gasteiger partial charge in [-0.3, -0.25) is 14.6 Å². The lowest BCUT2D eigenvalue weighted by molar-refractivity contribution is -0.127. The van der Waals surface area contributed by atoms with E-state index >= 15 is 0 Å². The lowest BCUT2D eigenvalue weighted by atomic mass is 9.85. The number of rotatable bonds is 5. The Morgan fingerprint density at radius 3 is 2.62 bits per heavy atom. The van der Waals surface area contributed by atoms with Gasteiger partial charge >= 0.3 is 0 Å². The molecule has 1 saturated carbocycles. The van der Waals surface area contributed by atoms with Gasteiger partial charge in [0.2, 0.25) is 5.91 Å². The summed E-state index contributed by atoms with van der Waals surface area (Å²) in [6.07, 6.45) is 5.20. The van der Waals surface area contributed by atoms with Gasteiger partial charge in [-0.25, -0.2) is 14.4 Å². The second-order valence-corrected chi connectivity index (χ2v) is 10.6. The molecule has 4 aromatic rings. The van der Waals surface area contributed by atoms with E-state index in [4.69, 9.17) is 4.98 Å². The molecule has 0 saturated heterocycles. The minimum Gasteiger partial charge on any atom is -0.336 e. The molecule has 9 heteroatoms. The summed E-state index contributed by atoms with van der Waals surface area (Å²) in [4.78, 5) is 40.2. The van der Waals surface area contributed by atoms with Gasteiger partial charge in [0.25, 0.3) is 0 Å². The van der Waals surface area contributed by atoms with E-state index in [1.165, 1.54) is 6.20 Å². The Bertz CT molecular complexity index is 1580. The number of anilines is 3. The van der Waals surface area contributed by atoms with Crippen LogP contribution in [0.5, 0.6) is 0 Å². The van der Waals surface area contributed by atoms with Crippen molar-refractivity contribution in [2.75, 3.05) is 10.2 Å². The summed E-state index contributed by atoms with van der Waals surface area (Å²) in [6, 6.07) is 9.36. The minimum atomic E-state index is -0.675. The first-order valence-corrected chi connectivity index (χ1v) is 12.4. The molecule has 1 aliphatic heterocycles. The van der Waals surface area contributed by atoms with Gasteiger partial charge in [0.05, 0.1) is 40.9 Å². The minimum absolute atomic E-state index is 0.00626. The zero-order valence-electron chi connectivity index (χ0n) is 21.1. The van der Waals surface area contributed by atoms with Gasteiger partial charge in [-0.1, -0.05) is 12.1 Å². The molecule has 1 fully saturated rings. The second kappa shape index (κ2) is 8.19. The first-order chi connectivity index (χ1) is 17.6. The number of hydrogen-bond acceptors (Lipinski definition) is 6.